The van der Waals surface area contributed by atoms with Crippen molar-refractivity contribution in [3.63, 3.8) is 0 Å². The minimum absolute atomic E-state index is 0.151. The van der Waals surface area contributed by atoms with Crippen LogP contribution in [0.2, 0.25) is 0 Å². The topological polar surface area (TPSA) is 0 Å². The van der Waals surface area contributed by atoms with Crippen LogP contribution in [0.25, 0.3) is 0 Å². The van der Waals surface area contributed by atoms with Crippen LogP contribution in [-0.4, -0.2) is 16.9 Å². The molecule has 0 amide bonds. The first-order chi connectivity index (χ1) is 4.08. The molecule has 4 heteroatoms. The Morgan fingerprint density at radius 2 is 2.11 bits per heavy atom. The summed E-state index contributed by atoms with van der Waals surface area (Å²) in [6.45, 7) is 0. The number of thioether (sulfide) groups is 1. The van der Waals surface area contributed by atoms with Gasteiger partial charge in [-0.3, -0.25) is 0 Å². The minimum Gasteiger partial charge on any atom is -0.188 e. The van der Waals surface area contributed by atoms with Crippen molar-refractivity contribution >= 4 is 23.4 Å². The normalized spacial score (nSPS) is 21.7. The van der Waals surface area contributed by atoms with Crippen molar-refractivity contribution in [2.75, 3.05) is 11.5 Å². The maximum absolute atomic E-state index is 11.9. The van der Waals surface area contributed by atoms with Gasteiger partial charge in [-0.1, -0.05) is 0 Å². The molecule has 0 bridgehead atoms. The van der Waals surface area contributed by atoms with Crippen LogP contribution in [0.15, 0.2) is 0 Å². The molecule has 0 nitrogen and oxygen atoms in total. The molecule has 1 fully saturated rings. The zero-order valence-corrected chi connectivity index (χ0v) is 6.31. The summed E-state index contributed by atoms with van der Waals surface area (Å²) in [6.07, 6.45) is -0.151. The molecule has 9 heavy (non-hydrogen) atoms. The highest BCUT2D eigenvalue weighted by molar-refractivity contribution is 8.00. The molecule has 0 saturated carbocycles. The zero-order chi connectivity index (χ0) is 6.91. The quantitative estimate of drug-likeness (QED) is 0.577. The number of rotatable bonds is 2. The summed E-state index contributed by atoms with van der Waals surface area (Å²) in [5.74, 6) is 1.85. The van der Waals surface area contributed by atoms with Gasteiger partial charge in [0, 0.05) is 6.42 Å². The van der Waals surface area contributed by atoms with Crippen LogP contribution in [0.4, 0.5) is 8.78 Å². The van der Waals surface area contributed by atoms with E-state index in [0.717, 1.165) is 11.5 Å². The molecule has 0 radical (unpaired) electrons. The standard InChI is InChI=1S/C5H7ClF2S/c6-5(7,8)1-4-2-9-3-4/h4H,1-3H2. The molecule has 0 unspecified atom stereocenters. The Morgan fingerprint density at radius 1 is 1.56 bits per heavy atom. The largest absolute Gasteiger partial charge is 0.322 e. The van der Waals surface area contributed by atoms with Gasteiger partial charge in [0.25, 0.3) is 0 Å². The molecule has 1 aliphatic heterocycles. The van der Waals surface area contributed by atoms with Crippen LogP contribution in [0.5, 0.6) is 0 Å². The molecule has 0 atom stereocenters. The maximum atomic E-state index is 11.9. The van der Waals surface area contributed by atoms with Crippen LogP contribution >= 0.6 is 23.4 Å². The molecule has 0 aromatic heterocycles. The smallest absolute Gasteiger partial charge is 0.188 e. The molecule has 1 aliphatic rings. The van der Waals surface area contributed by atoms with Gasteiger partial charge in [0.1, 0.15) is 0 Å². The van der Waals surface area contributed by atoms with E-state index < -0.39 is 5.38 Å². The Balaban J connectivity index is 2.16. The predicted molar refractivity (Wildman–Crippen MR) is 36.2 cm³/mol. The van der Waals surface area contributed by atoms with Crippen LogP contribution in [0, 0.1) is 5.92 Å². The Hall–Kier alpha value is 0.500. The van der Waals surface area contributed by atoms with E-state index >= 15 is 0 Å². The molecule has 1 heterocycles. The summed E-state index contributed by atoms with van der Waals surface area (Å²) in [5.41, 5.74) is 0. The van der Waals surface area contributed by atoms with E-state index in [9.17, 15) is 8.78 Å². The molecule has 54 valence electrons. The van der Waals surface area contributed by atoms with Crippen molar-refractivity contribution in [1.29, 1.82) is 0 Å². The van der Waals surface area contributed by atoms with Gasteiger partial charge in [-0.2, -0.15) is 20.5 Å². The first-order valence-corrected chi connectivity index (χ1v) is 4.26. The fourth-order valence-corrected chi connectivity index (χ4v) is 1.75. The average Bonchev–Trinajstić information content (AvgIpc) is 1.53. The van der Waals surface area contributed by atoms with E-state index in [0.29, 0.717) is 0 Å². The van der Waals surface area contributed by atoms with Crippen molar-refractivity contribution in [3.8, 4) is 0 Å². The first kappa shape index (κ1) is 7.61. The SMILES string of the molecule is FC(F)(Cl)CC1CSC1. The van der Waals surface area contributed by atoms with Gasteiger partial charge in [0.15, 0.2) is 0 Å². The van der Waals surface area contributed by atoms with E-state index in [1.165, 1.54) is 0 Å². The van der Waals surface area contributed by atoms with E-state index in [1.807, 2.05) is 0 Å². The van der Waals surface area contributed by atoms with Gasteiger partial charge in [0.05, 0.1) is 0 Å². The monoisotopic (exact) mass is 172 g/mol. The highest BCUT2D eigenvalue weighted by atomic mass is 35.5. The van der Waals surface area contributed by atoms with E-state index in [4.69, 9.17) is 11.6 Å². The second kappa shape index (κ2) is 2.62. The van der Waals surface area contributed by atoms with E-state index in [2.05, 4.69) is 0 Å². The van der Waals surface area contributed by atoms with Gasteiger partial charge in [0.2, 0.25) is 0 Å². The Morgan fingerprint density at radius 3 is 2.22 bits per heavy atom. The predicted octanol–water partition coefficient (Wildman–Crippen LogP) is 2.57. The Kier molecular flexibility index (Phi) is 2.22. The van der Waals surface area contributed by atoms with Gasteiger partial charge < -0.3 is 0 Å². The molecule has 1 rings (SSSR count). The lowest BCUT2D eigenvalue weighted by Gasteiger charge is -2.26. The molecule has 0 aromatic rings. The first-order valence-electron chi connectivity index (χ1n) is 2.72. The average molecular weight is 173 g/mol. The van der Waals surface area contributed by atoms with E-state index in [1.54, 1.807) is 11.8 Å². The van der Waals surface area contributed by atoms with Gasteiger partial charge in [-0.05, 0) is 29.0 Å². The third-order valence-electron chi connectivity index (χ3n) is 1.23. The van der Waals surface area contributed by atoms with Crippen LogP contribution in [0.3, 0.4) is 0 Å². The molecule has 0 N–H and O–H groups in total. The third-order valence-corrected chi connectivity index (χ3v) is 2.80. The second-order valence-electron chi connectivity index (χ2n) is 2.22. The van der Waals surface area contributed by atoms with Crippen molar-refractivity contribution in [2.24, 2.45) is 5.92 Å². The summed E-state index contributed by atoms with van der Waals surface area (Å²) >= 11 is 6.39. The lowest BCUT2D eigenvalue weighted by molar-refractivity contribution is 0.0715. The fourth-order valence-electron chi connectivity index (χ4n) is 0.730. The van der Waals surface area contributed by atoms with Crippen molar-refractivity contribution in [3.05, 3.63) is 0 Å². The van der Waals surface area contributed by atoms with Crippen molar-refractivity contribution in [2.45, 2.75) is 11.8 Å². The Bertz CT molecular complexity index is 97.6. The summed E-state index contributed by atoms with van der Waals surface area (Å²) in [6, 6.07) is 0. The van der Waals surface area contributed by atoms with Crippen LogP contribution < -0.4 is 0 Å². The molecular formula is C5H7ClF2S. The zero-order valence-electron chi connectivity index (χ0n) is 4.74. The van der Waals surface area contributed by atoms with Crippen molar-refractivity contribution < 1.29 is 8.78 Å². The summed E-state index contributed by atoms with van der Waals surface area (Å²) in [7, 11) is 0. The summed E-state index contributed by atoms with van der Waals surface area (Å²) < 4.78 is 23.9. The molecule has 0 aromatic carbocycles. The lowest BCUT2D eigenvalue weighted by atomic mass is 10.1. The molecular weight excluding hydrogens is 166 g/mol. The van der Waals surface area contributed by atoms with Gasteiger partial charge in [-0.25, -0.2) is 0 Å². The lowest BCUT2D eigenvalue weighted by Crippen LogP contribution is -2.24. The molecule has 1 saturated heterocycles. The fraction of sp³-hybridized carbons (Fsp3) is 1.00. The summed E-state index contributed by atoms with van der Waals surface area (Å²) in [5, 5.41) is -2.97. The molecule has 0 spiro atoms. The highest BCUT2D eigenvalue weighted by Crippen LogP contribution is 2.35. The number of hydrogen-bond acceptors (Lipinski definition) is 1. The van der Waals surface area contributed by atoms with Gasteiger partial charge >= 0.3 is 5.38 Å². The molecule has 0 aliphatic carbocycles. The van der Waals surface area contributed by atoms with Gasteiger partial charge in [-0.15, -0.1) is 0 Å². The number of halogens is 3. The third kappa shape index (κ3) is 2.72. The minimum atomic E-state index is -2.97. The highest BCUT2D eigenvalue weighted by Gasteiger charge is 2.32. The second-order valence-corrected chi connectivity index (χ2v) is 3.85. The van der Waals surface area contributed by atoms with Crippen LogP contribution in [-0.2, 0) is 0 Å². The number of alkyl halides is 3. The van der Waals surface area contributed by atoms with Crippen molar-refractivity contribution in [1.82, 2.24) is 0 Å². The summed E-state index contributed by atoms with van der Waals surface area (Å²) in [4.78, 5) is 0. The maximum Gasteiger partial charge on any atom is 0.322 e. The van der Waals surface area contributed by atoms with E-state index in [-0.39, 0.29) is 12.3 Å². The Labute approximate surface area is 62.0 Å². The number of hydrogen-bond donors (Lipinski definition) is 0. The van der Waals surface area contributed by atoms with Crippen LogP contribution in [0.1, 0.15) is 6.42 Å².